The molecule has 9 nitrogen and oxygen atoms in total. The molecule has 152 valence electrons. The Labute approximate surface area is 160 Å². The highest BCUT2D eigenvalue weighted by Gasteiger charge is 2.44. The Kier molecular flexibility index (Phi) is 6.14. The average molecular weight is 429 g/mol. The average Bonchev–Trinajstić information content (AvgIpc) is 3.21. The second-order valence-corrected chi connectivity index (χ2v) is 8.07. The van der Waals surface area contributed by atoms with Crippen molar-refractivity contribution in [2.75, 3.05) is 32.7 Å². The van der Waals surface area contributed by atoms with E-state index in [-0.39, 0.29) is 44.3 Å². The van der Waals surface area contributed by atoms with E-state index in [9.17, 15) is 26.8 Å². The number of hydrogen-bond donors (Lipinski definition) is 2. The van der Waals surface area contributed by atoms with E-state index in [1.165, 1.54) is 11.0 Å². The number of amides is 2. The van der Waals surface area contributed by atoms with Gasteiger partial charge in [0.2, 0.25) is 11.0 Å². The van der Waals surface area contributed by atoms with Crippen molar-refractivity contribution in [3.05, 3.63) is 17.9 Å². The number of sulfonamides is 1. The lowest BCUT2D eigenvalue weighted by Gasteiger charge is -2.34. The van der Waals surface area contributed by atoms with Crippen LogP contribution in [0.15, 0.2) is 21.6 Å². The number of rotatable bonds is 4. The third-order valence-electron chi connectivity index (χ3n) is 4.38. The van der Waals surface area contributed by atoms with E-state index in [4.69, 9.17) is 10.2 Å². The Morgan fingerprint density at radius 2 is 1.85 bits per heavy atom. The lowest BCUT2D eigenvalue weighted by atomic mass is 10.1. The summed E-state index contributed by atoms with van der Waals surface area (Å²) in [7, 11) is -3.98. The molecule has 0 radical (unpaired) electrons. The first-order valence-corrected chi connectivity index (χ1v) is 9.34. The van der Waals surface area contributed by atoms with Crippen LogP contribution in [-0.2, 0) is 14.8 Å². The Bertz CT molecular complexity index is 823. The molecule has 0 bridgehead atoms. The van der Waals surface area contributed by atoms with Gasteiger partial charge in [-0.25, -0.2) is 17.2 Å². The van der Waals surface area contributed by atoms with Gasteiger partial charge in [-0.1, -0.05) is 0 Å². The van der Waals surface area contributed by atoms with Gasteiger partial charge in [0.15, 0.2) is 5.76 Å². The van der Waals surface area contributed by atoms with Crippen LogP contribution in [-0.4, -0.2) is 74.1 Å². The van der Waals surface area contributed by atoms with E-state index < -0.39 is 51.9 Å². The fourth-order valence-electron chi connectivity index (χ4n) is 2.98. The van der Waals surface area contributed by atoms with Crippen LogP contribution in [0.3, 0.4) is 0 Å². The van der Waals surface area contributed by atoms with Gasteiger partial charge in [0.25, 0.3) is 21.9 Å². The summed E-state index contributed by atoms with van der Waals surface area (Å²) in [6.07, 6.45) is -0.563. The highest BCUT2D eigenvalue weighted by Crippen LogP contribution is 2.27. The van der Waals surface area contributed by atoms with Gasteiger partial charge in [0, 0.05) is 32.6 Å². The summed E-state index contributed by atoms with van der Waals surface area (Å²) in [6.45, 7) is -0.414. The largest absolute Gasteiger partial charge is 0.438 e. The first-order valence-electron chi connectivity index (χ1n) is 7.90. The molecule has 3 N–H and O–H groups in total. The number of alkyl halides is 2. The van der Waals surface area contributed by atoms with E-state index in [0.29, 0.717) is 0 Å². The standard InChI is InChI=1S/C14H18F2N4O5S.ClH/c15-14(16)7-9(18-8-14)13(22)19-3-5-20(6-4-19)26(23,24)11-2-1-10(25-11)12(17)21;/h1-2,9,18H,3-8H2,(H2,17,21);1H. The Morgan fingerprint density at radius 1 is 1.22 bits per heavy atom. The van der Waals surface area contributed by atoms with Crippen molar-refractivity contribution in [1.29, 1.82) is 0 Å². The number of primary amides is 1. The number of carbonyl (C=O) groups is 2. The molecule has 0 aliphatic carbocycles. The maximum Gasteiger partial charge on any atom is 0.284 e. The second kappa shape index (κ2) is 7.70. The van der Waals surface area contributed by atoms with Crippen LogP contribution in [0.5, 0.6) is 0 Å². The summed E-state index contributed by atoms with van der Waals surface area (Å²) in [4.78, 5) is 24.7. The summed E-state index contributed by atoms with van der Waals surface area (Å²) in [6, 6.07) is 1.34. The quantitative estimate of drug-likeness (QED) is 0.674. The van der Waals surface area contributed by atoms with Crippen molar-refractivity contribution in [2.45, 2.75) is 23.5 Å². The number of nitrogens with two attached hydrogens (primary N) is 1. The number of hydrogen-bond acceptors (Lipinski definition) is 6. The minimum absolute atomic E-state index is 0. The summed E-state index contributed by atoms with van der Waals surface area (Å²) >= 11 is 0. The maximum atomic E-state index is 13.2. The fourth-order valence-corrected chi connectivity index (χ4v) is 4.31. The third kappa shape index (κ3) is 4.39. The highest BCUT2D eigenvalue weighted by atomic mass is 35.5. The van der Waals surface area contributed by atoms with Crippen molar-refractivity contribution >= 4 is 34.2 Å². The van der Waals surface area contributed by atoms with Gasteiger partial charge < -0.3 is 15.1 Å². The molecule has 0 saturated carbocycles. The normalized spacial score (nSPS) is 23.0. The van der Waals surface area contributed by atoms with Crippen LogP contribution in [0, 0.1) is 0 Å². The van der Waals surface area contributed by atoms with Gasteiger partial charge in [-0.3, -0.25) is 14.9 Å². The van der Waals surface area contributed by atoms with Crippen LogP contribution >= 0.6 is 12.4 Å². The van der Waals surface area contributed by atoms with Gasteiger partial charge >= 0.3 is 0 Å². The summed E-state index contributed by atoms with van der Waals surface area (Å²) in [5.41, 5.74) is 5.03. The predicted molar refractivity (Wildman–Crippen MR) is 91.2 cm³/mol. The van der Waals surface area contributed by atoms with Gasteiger partial charge in [-0.15, -0.1) is 12.4 Å². The molecule has 1 atom stereocenters. The molecule has 13 heteroatoms. The molecule has 2 aliphatic heterocycles. The van der Waals surface area contributed by atoms with Crippen LogP contribution < -0.4 is 11.1 Å². The monoisotopic (exact) mass is 428 g/mol. The second-order valence-electron chi connectivity index (χ2n) is 6.21. The minimum atomic E-state index is -3.98. The van der Waals surface area contributed by atoms with E-state index >= 15 is 0 Å². The van der Waals surface area contributed by atoms with Crippen molar-refractivity contribution in [3.8, 4) is 0 Å². The number of nitrogens with zero attached hydrogens (tertiary/aromatic N) is 2. The maximum absolute atomic E-state index is 13.2. The van der Waals surface area contributed by atoms with Gasteiger partial charge in [0.05, 0.1) is 12.6 Å². The zero-order valence-electron chi connectivity index (χ0n) is 14.1. The van der Waals surface area contributed by atoms with Crippen molar-refractivity contribution in [3.63, 3.8) is 0 Å². The lowest BCUT2D eigenvalue weighted by Crippen LogP contribution is -2.54. The van der Waals surface area contributed by atoms with E-state index in [0.717, 1.165) is 10.4 Å². The molecule has 0 spiro atoms. The highest BCUT2D eigenvalue weighted by molar-refractivity contribution is 7.89. The molecule has 27 heavy (non-hydrogen) atoms. The van der Waals surface area contributed by atoms with Gasteiger partial charge in [-0.2, -0.15) is 4.31 Å². The van der Waals surface area contributed by atoms with Crippen LogP contribution in [0.1, 0.15) is 17.0 Å². The zero-order valence-corrected chi connectivity index (χ0v) is 15.7. The molecule has 1 aromatic rings. The molecule has 2 saturated heterocycles. The molecular weight excluding hydrogens is 410 g/mol. The summed E-state index contributed by atoms with van der Waals surface area (Å²) in [5.74, 6) is -4.54. The molecular formula is C14H19ClF2N4O5S. The van der Waals surface area contributed by atoms with Gasteiger partial charge in [0.1, 0.15) is 0 Å². The number of furan rings is 1. The predicted octanol–water partition coefficient (Wildman–Crippen LogP) is -0.370. The van der Waals surface area contributed by atoms with E-state index in [1.807, 2.05) is 0 Å². The molecule has 1 unspecified atom stereocenters. The smallest absolute Gasteiger partial charge is 0.284 e. The Morgan fingerprint density at radius 3 is 2.33 bits per heavy atom. The third-order valence-corrected chi connectivity index (χ3v) is 6.15. The van der Waals surface area contributed by atoms with Crippen LogP contribution in [0.25, 0.3) is 0 Å². The molecule has 2 amide bonds. The molecule has 1 aromatic heterocycles. The van der Waals surface area contributed by atoms with Crippen molar-refractivity contribution in [2.24, 2.45) is 5.73 Å². The SMILES string of the molecule is Cl.NC(=O)c1ccc(S(=O)(=O)N2CCN(C(=O)C3CC(F)(F)CN3)CC2)o1. The summed E-state index contributed by atoms with van der Waals surface area (Å²) < 4.78 is 57.5. The van der Waals surface area contributed by atoms with E-state index in [2.05, 4.69) is 5.32 Å². The topological polar surface area (TPSA) is 126 Å². The Hall–Kier alpha value is -1.76. The van der Waals surface area contributed by atoms with E-state index in [1.54, 1.807) is 0 Å². The number of halogens is 3. The zero-order chi connectivity index (χ0) is 19.1. The lowest BCUT2D eigenvalue weighted by molar-refractivity contribution is -0.134. The number of piperazine rings is 1. The Balaban J connectivity index is 0.00000261. The van der Waals surface area contributed by atoms with Crippen LogP contribution in [0.2, 0.25) is 0 Å². The molecule has 3 rings (SSSR count). The molecule has 3 heterocycles. The molecule has 2 aliphatic rings. The molecule has 0 aromatic carbocycles. The number of carbonyl (C=O) groups excluding carboxylic acids is 2. The first-order chi connectivity index (χ1) is 12.1. The summed E-state index contributed by atoms with van der Waals surface area (Å²) in [5, 5.41) is 2.08. The van der Waals surface area contributed by atoms with Crippen LogP contribution in [0.4, 0.5) is 8.78 Å². The fraction of sp³-hybridized carbons (Fsp3) is 0.571. The first kappa shape index (κ1) is 21.5. The van der Waals surface area contributed by atoms with Crippen molar-refractivity contribution < 1.29 is 31.2 Å². The van der Waals surface area contributed by atoms with Gasteiger partial charge in [-0.05, 0) is 12.1 Å². The van der Waals surface area contributed by atoms with Crippen molar-refractivity contribution in [1.82, 2.24) is 14.5 Å². The minimum Gasteiger partial charge on any atom is -0.438 e. The molecule has 2 fully saturated rings. The number of nitrogens with one attached hydrogen (secondary N) is 1.